The van der Waals surface area contributed by atoms with Crippen LogP contribution in [0.5, 0.6) is 0 Å². The van der Waals surface area contributed by atoms with Gasteiger partial charge in [-0.15, -0.1) is 0 Å². The fourth-order valence-electron chi connectivity index (χ4n) is 8.81. The smallest absolute Gasteiger partial charge is 0.143 e. The summed E-state index contributed by atoms with van der Waals surface area (Å²) in [7, 11) is 0. The van der Waals surface area contributed by atoms with Crippen LogP contribution in [-0.4, -0.2) is 0 Å². The van der Waals surface area contributed by atoms with Gasteiger partial charge in [-0.3, -0.25) is 0 Å². The highest BCUT2D eigenvalue weighted by atomic mass is 16.3. The van der Waals surface area contributed by atoms with Gasteiger partial charge >= 0.3 is 0 Å². The molecular formula is C54H37NO. The molecule has 0 N–H and O–H groups in total. The van der Waals surface area contributed by atoms with Crippen LogP contribution in [0.1, 0.15) is 17.9 Å². The maximum Gasteiger partial charge on any atom is 0.143 e. The zero-order valence-electron chi connectivity index (χ0n) is 30.8. The molecule has 1 unspecified atom stereocenters. The van der Waals surface area contributed by atoms with E-state index in [2.05, 4.69) is 199 Å². The van der Waals surface area contributed by atoms with E-state index in [1.165, 1.54) is 49.0 Å². The quantitative estimate of drug-likeness (QED) is 0.159. The van der Waals surface area contributed by atoms with E-state index < -0.39 is 0 Å². The fourth-order valence-corrected chi connectivity index (χ4v) is 8.81. The van der Waals surface area contributed by atoms with Gasteiger partial charge in [0.05, 0.1) is 0 Å². The number of para-hydroxylation sites is 2. The summed E-state index contributed by atoms with van der Waals surface area (Å²) in [5.74, 6) is 0.251. The van der Waals surface area contributed by atoms with Crippen molar-refractivity contribution in [2.24, 2.45) is 0 Å². The van der Waals surface area contributed by atoms with E-state index in [0.29, 0.717) is 0 Å². The van der Waals surface area contributed by atoms with Crippen LogP contribution in [0, 0.1) is 0 Å². The number of hydrogen-bond donors (Lipinski definition) is 0. The van der Waals surface area contributed by atoms with Gasteiger partial charge in [-0.2, -0.15) is 0 Å². The Hall–Kier alpha value is -7.16. The summed E-state index contributed by atoms with van der Waals surface area (Å²) >= 11 is 0. The highest BCUT2D eigenvalue weighted by Crippen LogP contribution is 2.41. The predicted molar refractivity (Wildman–Crippen MR) is 237 cm³/mol. The zero-order valence-corrected chi connectivity index (χ0v) is 30.8. The maximum atomic E-state index is 6.43. The van der Waals surface area contributed by atoms with Gasteiger partial charge in [0.1, 0.15) is 11.2 Å². The number of allylic oxidation sites excluding steroid dienone is 3. The molecule has 1 aliphatic rings. The summed E-state index contributed by atoms with van der Waals surface area (Å²) in [4.78, 5) is 2.40. The van der Waals surface area contributed by atoms with Crippen molar-refractivity contribution in [2.45, 2.75) is 12.3 Å². The van der Waals surface area contributed by atoms with Crippen molar-refractivity contribution >= 4 is 65.6 Å². The summed E-state index contributed by atoms with van der Waals surface area (Å²) in [6.45, 7) is 0. The standard InChI is InChI=1S/C54H37NO/c1-3-15-46-37(10-1)12-8-18-48(46)41-13-7-14-45(35-41)55(44-31-26-39(27-32-44)50-19-9-20-52-51-17-5-6-21-53(51)56-54(50)52)43-29-24-36(25-30-43)40-28-33-49-42(34-40)23-22-38-11-2-4-16-47(38)49/h1-12,14-35,41H,13H2. The van der Waals surface area contributed by atoms with Gasteiger partial charge in [0.25, 0.3) is 0 Å². The fraction of sp³-hybridized carbons (Fsp3) is 0.0370. The number of hydrogen-bond acceptors (Lipinski definition) is 2. The van der Waals surface area contributed by atoms with E-state index in [1.807, 2.05) is 12.1 Å². The SMILES string of the molecule is C1=CC(N(c2ccc(-c3ccc4c(ccc5ccccc54)c3)cc2)c2ccc(-c3cccc4c3oc3ccccc34)cc2)=CC(c2cccc3ccccc23)C1. The van der Waals surface area contributed by atoms with E-state index in [9.17, 15) is 0 Å². The van der Waals surface area contributed by atoms with E-state index >= 15 is 0 Å². The molecule has 1 aliphatic carbocycles. The van der Waals surface area contributed by atoms with Crippen molar-refractivity contribution in [1.82, 2.24) is 0 Å². The third-order valence-corrected chi connectivity index (χ3v) is 11.6. The summed E-state index contributed by atoms with van der Waals surface area (Å²) in [5, 5.41) is 9.97. The second-order valence-electron chi connectivity index (χ2n) is 14.8. The Balaban J connectivity index is 0.998. The number of benzene rings is 9. The van der Waals surface area contributed by atoms with E-state index in [0.717, 1.165) is 56.6 Å². The van der Waals surface area contributed by atoms with Gasteiger partial charge in [0, 0.05) is 39.3 Å². The Morgan fingerprint density at radius 3 is 1.88 bits per heavy atom. The average molecular weight is 716 g/mol. The van der Waals surface area contributed by atoms with Crippen LogP contribution in [0.4, 0.5) is 11.4 Å². The molecule has 0 saturated heterocycles. The summed E-state index contributed by atoms with van der Waals surface area (Å²) < 4.78 is 6.43. The molecule has 2 heteroatoms. The second kappa shape index (κ2) is 13.3. The number of rotatable bonds is 6. The van der Waals surface area contributed by atoms with Crippen molar-refractivity contribution in [3.63, 3.8) is 0 Å². The normalized spacial score (nSPS) is 14.2. The van der Waals surface area contributed by atoms with Crippen LogP contribution >= 0.6 is 0 Å². The Labute approximate surface area is 325 Å². The first kappa shape index (κ1) is 32.3. The van der Waals surface area contributed by atoms with Gasteiger partial charge in [0.2, 0.25) is 0 Å². The summed E-state index contributed by atoms with van der Waals surface area (Å²) in [5.41, 5.74) is 11.2. The molecule has 0 radical (unpaired) electrons. The van der Waals surface area contributed by atoms with Crippen molar-refractivity contribution in [3.8, 4) is 22.3 Å². The number of furan rings is 1. The predicted octanol–water partition coefficient (Wildman–Crippen LogP) is 15.1. The molecule has 1 heterocycles. The minimum absolute atomic E-state index is 0.251. The van der Waals surface area contributed by atoms with Crippen LogP contribution in [0.3, 0.4) is 0 Å². The summed E-state index contributed by atoms with van der Waals surface area (Å²) in [6.07, 6.45) is 8.03. The molecular weight excluding hydrogens is 679 g/mol. The Kier molecular flexibility index (Phi) is 7.67. The lowest BCUT2D eigenvalue weighted by molar-refractivity contribution is 0.670. The first-order valence-electron chi connectivity index (χ1n) is 19.4. The molecule has 10 aromatic rings. The van der Waals surface area contributed by atoms with Crippen molar-refractivity contribution in [3.05, 3.63) is 218 Å². The van der Waals surface area contributed by atoms with Gasteiger partial charge in [0.15, 0.2) is 0 Å². The first-order chi connectivity index (χ1) is 27.7. The molecule has 264 valence electrons. The number of nitrogens with zero attached hydrogens (tertiary/aromatic N) is 1. The molecule has 0 amide bonds. The average Bonchev–Trinajstić information content (AvgIpc) is 3.66. The molecule has 1 aromatic heterocycles. The van der Waals surface area contributed by atoms with Crippen LogP contribution in [0.25, 0.3) is 76.5 Å². The van der Waals surface area contributed by atoms with Crippen molar-refractivity contribution < 1.29 is 4.42 Å². The van der Waals surface area contributed by atoms with E-state index in [4.69, 9.17) is 4.42 Å². The highest BCUT2D eigenvalue weighted by Gasteiger charge is 2.21. The topological polar surface area (TPSA) is 16.4 Å². The third-order valence-electron chi connectivity index (χ3n) is 11.6. The van der Waals surface area contributed by atoms with Crippen molar-refractivity contribution in [1.29, 1.82) is 0 Å². The van der Waals surface area contributed by atoms with Gasteiger partial charge in [-0.1, -0.05) is 164 Å². The lowest BCUT2D eigenvalue weighted by Crippen LogP contribution is -2.17. The lowest BCUT2D eigenvalue weighted by atomic mass is 9.87. The number of anilines is 2. The molecule has 2 nitrogen and oxygen atoms in total. The lowest BCUT2D eigenvalue weighted by Gasteiger charge is -2.30. The van der Waals surface area contributed by atoms with Gasteiger partial charge in [-0.05, 0) is 103 Å². The monoisotopic (exact) mass is 715 g/mol. The van der Waals surface area contributed by atoms with Crippen LogP contribution < -0.4 is 4.90 Å². The molecule has 0 spiro atoms. The molecule has 0 saturated carbocycles. The molecule has 1 atom stereocenters. The molecule has 0 aliphatic heterocycles. The molecule has 56 heavy (non-hydrogen) atoms. The van der Waals surface area contributed by atoms with Crippen LogP contribution in [0.15, 0.2) is 216 Å². The number of fused-ring (bicyclic) bond motifs is 7. The second-order valence-corrected chi connectivity index (χ2v) is 14.8. The van der Waals surface area contributed by atoms with E-state index in [-0.39, 0.29) is 5.92 Å². The Bertz CT molecular complexity index is 3160. The molecule has 0 bridgehead atoms. The summed E-state index contributed by atoms with van der Waals surface area (Å²) in [6, 6.07) is 68.1. The molecule has 0 fully saturated rings. The zero-order chi connectivity index (χ0) is 37.0. The van der Waals surface area contributed by atoms with E-state index in [1.54, 1.807) is 0 Å². The molecule has 9 aromatic carbocycles. The van der Waals surface area contributed by atoms with Gasteiger partial charge in [-0.25, -0.2) is 0 Å². The highest BCUT2D eigenvalue weighted by molar-refractivity contribution is 6.10. The third kappa shape index (κ3) is 5.49. The maximum absolute atomic E-state index is 6.43. The van der Waals surface area contributed by atoms with Crippen LogP contribution in [-0.2, 0) is 0 Å². The minimum atomic E-state index is 0.251. The van der Waals surface area contributed by atoms with Crippen LogP contribution in [0.2, 0.25) is 0 Å². The Morgan fingerprint density at radius 1 is 0.446 bits per heavy atom. The minimum Gasteiger partial charge on any atom is -0.455 e. The van der Waals surface area contributed by atoms with Gasteiger partial charge < -0.3 is 9.32 Å². The largest absolute Gasteiger partial charge is 0.455 e. The van der Waals surface area contributed by atoms with Crippen molar-refractivity contribution in [2.75, 3.05) is 4.90 Å². The Morgan fingerprint density at radius 2 is 1.05 bits per heavy atom. The molecule has 11 rings (SSSR count). The first-order valence-corrected chi connectivity index (χ1v) is 19.4.